The van der Waals surface area contributed by atoms with Crippen LogP contribution >= 0.6 is 0 Å². The summed E-state index contributed by atoms with van der Waals surface area (Å²) in [6, 6.07) is 8.59. The number of hydrogen-bond donors (Lipinski definition) is 2. The van der Waals surface area contributed by atoms with E-state index in [-0.39, 0.29) is 11.1 Å². The lowest BCUT2D eigenvalue weighted by atomic mass is 9.92. The zero-order chi connectivity index (χ0) is 12.4. The smallest absolute Gasteiger partial charge is 0.0138 e. The molecule has 0 unspecified atom stereocenters. The number of nitrogens with two attached hydrogens (primary N) is 2. The molecule has 90 valence electrons. The molecule has 0 heterocycles. The van der Waals surface area contributed by atoms with E-state index in [1.807, 2.05) is 27.7 Å². The van der Waals surface area contributed by atoms with Crippen molar-refractivity contribution in [3.05, 3.63) is 35.4 Å². The van der Waals surface area contributed by atoms with Gasteiger partial charge in [0.25, 0.3) is 0 Å². The highest BCUT2D eigenvalue weighted by Crippen LogP contribution is 2.14. The van der Waals surface area contributed by atoms with Gasteiger partial charge in [0.1, 0.15) is 0 Å². The third-order valence-electron chi connectivity index (χ3n) is 2.34. The van der Waals surface area contributed by atoms with Gasteiger partial charge < -0.3 is 11.5 Å². The Bertz CT molecular complexity index is 290. The predicted molar refractivity (Wildman–Crippen MR) is 70.4 cm³/mol. The van der Waals surface area contributed by atoms with E-state index < -0.39 is 0 Å². The second kappa shape index (κ2) is 4.56. The average Bonchev–Trinajstić information content (AvgIpc) is 2.03. The molecule has 0 aliphatic rings. The van der Waals surface area contributed by atoms with Crippen molar-refractivity contribution in [2.75, 3.05) is 0 Å². The lowest BCUT2D eigenvalue weighted by Gasteiger charge is -2.20. The van der Waals surface area contributed by atoms with Crippen LogP contribution in [-0.4, -0.2) is 11.1 Å². The van der Waals surface area contributed by atoms with Gasteiger partial charge in [-0.15, -0.1) is 0 Å². The van der Waals surface area contributed by atoms with Crippen LogP contribution in [0.1, 0.15) is 38.8 Å². The van der Waals surface area contributed by atoms with E-state index in [0.29, 0.717) is 0 Å². The Kier molecular flexibility index (Phi) is 3.76. The van der Waals surface area contributed by atoms with E-state index in [9.17, 15) is 0 Å². The van der Waals surface area contributed by atoms with Gasteiger partial charge in [0, 0.05) is 11.1 Å². The molecule has 0 atom stereocenters. The molecule has 0 aliphatic heterocycles. The van der Waals surface area contributed by atoms with Crippen LogP contribution in [0.2, 0.25) is 0 Å². The lowest BCUT2D eigenvalue weighted by molar-refractivity contribution is 0.512. The Labute approximate surface area is 99.0 Å². The normalized spacial score (nSPS) is 12.9. The summed E-state index contributed by atoms with van der Waals surface area (Å²) in [6.45, 7) is 8.18. The van der Waals surface area contributed by atoms with Gasteiger partial charge in [0.05, 0.1) is 0 Å². The van der Waals surface area contributed by atoms with E-state index in [1.165, 1.54) is 11.1 Å². The summed E-state index contributed by atoms with van der Waals surface area (Å²) in [5, 5.41) is 0. The standard InChI is InChI=1S/C14H24N2/c1-13(2,15)9-11-5-7-12(8-6-11)10-14(3,4)16/h5-8H,9-10,15-16H2,1-4H3. The Balaban J connectivity index is 2.69. The number of rotatable bonds is 4. The van der Waals surface area contributed by atoms with Crippen molar-refractivity contribution in [2.24, 2.45) is 11.5 Å². The van der Waals surface area contributed by atoms with Crippen LogP contribution < -0.4 is 11.5 Å². The molecule has 0 aromatic heterocycles. The highest BCUT2D eigenvalue weighted by molar-refractivity contribution is 5.25. The molecule has 16 heavy (non-hydrogen) atoms. The van der Waals surface area contributed by atoms with Crippen LogP contribution in [0.5, 0.6) is 0 Å². The van der Waals surface area contributed by atoms with Crippen LogP contribution in [0.25, 0.3) is 0 Å². The first-order chi connectivity index (χ1) is 7.16. The summed E-state index contributed by atoms with van der Waals surface area (Å²) >= 11 is 0. The van der Waals surface area contributed by atoms with Gasteiger partial charge >= 0.3 is 0 Å². The summed E-state index contributed by atoms with van der Waals surface area (Å²) in [6.07, 6.45) is 1.80. The topological polar surface area (TPSA) is 52.0 Å². The molecule has 0 spiro atoms. The molecule has 0 saturated heterocycles. The number of benzene rings is 1. The molecule has 0 bridgehead atoms. The average molecular weight is 220 g/mol. The van der Waals surface area contributed by atoms with Crippen LogP contribution in [0.4, 0.5) is 0 Å². The molecule has 1 aromatic rings. The second-order valence-electron chi connectivity index (χ2n) is 6.15. The Hall–Kier alpha value is -0.860. The molecule has 0 saturated carbocycles. The van der Waals surface area contributed by atoms with Crippen LogP contribution in [0.3, 0.4) is 0 Å². The minimum atomic E-state index is -0.144. The monoisotopic (exact) mass is 220 g/mol. The quantitative estimate of drug-likeness (QED) is 0.817. The molecule has 2 heteroatoms. The third-order valence-corrected chi connectivity index (χ3v) is 2.34. The third kappa shape index (κ3) is 5.29. The van der Waals surface area contributed by atoms with Gasteiger partial charge in [0.15, 0.2) is 0 Å². The molecular weight excluding hydrogens is 196 g/mol. The molecular formula is C14H24N2. The lowest BCUT2D eigenvalue weighted by Crippen LogP contribution is -2.35. The van der Waals surface area contributed by atoms with Crippen LogP contribution in [0.15, 0.2) is 24.3 Å². The highest BCUT2D eigenvalue weighted by Gasteiger charge is 2.13. The van der Waals surface area contributed by atoms with Crippen molar-refractivity contribution in [3.63, 3.8) is 0 Å². The van der Waals surface area contributed by atoms with Crippen molar-refractivity contribution in [1.29, 1.82) is 0 Å². The molecule has 4 N–H and O–H groups in total. The summed E-state index contributed by atoms with van der Waals surface area (Å²) in [7, 11) is 0. The van der Waals surface area contributed by atoms with Gasteiger partial charge in [-0.1, -0.05) is 24.3 Å². The molecule has 0 aliphatic carbocycles. The predicted octanol–water partition coefficient (Wildman–Crippen LogP) is 2.25. The SMILES string of the molecule is CC(C)(N)Cc1ccc(CC(C)(C)N)cc1. The van der Waals surface area contributed by atoms with Gasteiger partial charge in [0.2, 0.25) is 0 Å². The molecule has 2 nitrogen and oxygen atoms in total. The van der Waals surface area contributed by atoms with Gasteiger partial charge in [-0.05, 0) is 51.7 Å². The minimum absolute atomic E-state index is 0.144. The fourth-order valence-electron chi connectivity index (χ4n) is 1.83. The first kappa shape index (κ1) is 13.2. The van der Waals surface area contributed by atoms with Crippen molar-refractivity contribution in [1.82, 2.24) is 0 Å². The van der Waals surface area contributed by atoms with Crippen LogP contribution in [0, 0.1) is 0 Å². The largest absolute Gasteiger partial charge is 0.325 e. The first-order valence-electron chi connectivity index (χ1n) is 5.81. The van der Waals surface area contributed by atoms with Gasteiger partial charge in [-0.25, -0.2) is 0 Å². The van der Waals surface area contributed by atoms with E-state index in [1.54, 1.807) is 0 Å². The van der Waals surface area contributed by atoms with E-state index in [2.05, 4.69) is 24.3 Å². The zero-order valence-electron chi connectivity index (χ0n) is 10.9. The van der Waals surface area contributed by atoms with Crippen molar-refractivity contribution in [2.45, 2.75) is 51.6 Å². The molecule has 1 rings (SSSR count). The second-order valence-corrected chi connectivity index (χ2v) is 6.15. The Morgan fingerprint density at radius 2 is 1.00 bits per heavy atom. The summed E-state index contributed by atoms with van der Waals surface area (Å²) in [4.78, 5) is 0. The molecule has 0 radical (unpaired) electrons. The molecule has 0 amide bonds. The maximum absolute atomic E-state index is 5.99. The Morgan fingerprint density at radius 3 is 1.19 bits per heavy atom. The fourth-order valence-corrected chi connectivity index (χ4v) is 1.83. The Morgan fingerprint density at radius 1 is 0.750 bits per heavy atom. The highest BCUT2D eigenvalue weighted by atomic mass is 14.7. The first-order valence-corrected chi connectivity index (χ1v) is 5.81. The van der Waals surface area contributed by atoms with E-state index in [0.717, 1.165) is 12.8 Å². The minimum Gasteiger partial charge on any atom is -0.325 e. The number of hydrogen-bond acceptors (Lipinski definition) is 2. The van der Waals surface area contributed by atoms with E-state index >= 15 is 0 Å². The summed E-state index contributed by atoms with van der Waals surface area (Å²) in [5.41, 5.74) is 14.3. The van der Waals surface area contributed by atoms with E-state index in [4.69, 9.17) is 11.5 Å². The maximum atomic E-state index is 5.99. The fraction of sp³-hybridized carbons (Fsp3) is 0.571. The summed E-state index contributed by atoms with van der Waals surface area (Å²) < 4.78 is 0. The summed E-state index contributed by atoms with van der Waals surface area (Å²) in [5.74, 6) is 0. The molecule has 1 aromatic carbocycles. The van der Waals surface area contributed by atoms with Crippen LogP contribution in [-0.2, 0) is 12.8 Å². The van der Waals surface area contributed by atoms with Gasteiger partial charge in [-0.3, -0.25) is 0 Å². The van der Waals surface area contributed by atoms with Crippen molar-refractivity contribution >= 4 is 0 Å². The molecule has 0 fully saturated rings. The van der Waals surface area contributed by atoms with Gasteiger partial charge in [-0.2, -0.15) is 0 Å². The maximum Gasteiger partial charge on any atom is 0.0138 e. The zero-order valence-corrected chi connectivity index (χ0v) is 10.9. The van der Waals surface area contributed by atoms with Crippen molar-refractivity contribution in [3.8, 4) is 0 Å². The van der Waals surface area contributed by atoms with Crippen molar-refractivity contribution < 1.29 is 0 Å².